The number of benzene rings is 1. The fraction of sp³-hybridized carbons (Fsp3) is 0.300. The third kappa shape index (κ3) is 5.43. The summed E-state index contributed by atoms with van der Waals surface area (Å²) in [7, 11) is 0. The Balaban J connectivity index is 0.000000791. The molecule has 0 saturated heterocycles. The smallest absolute Gasteiger partial charge is 0.186 e. The Kier molecular flexibility index (Phi) is 6.58. The van der Waals surface area contributed by atoms with Gasteiger partial charge in [0.2, 0.25) is 0 Å². The quantitative estimate of drug-likeness (QED) is 0.584. The summed E-state index contributed by atoms with van der Waals surface area (Å²) in [6, 6.07) is 7.38. The zero-order valence-corrected chi connectivity index (χ0v) is 9.25. The van der Waals surface area contributed by atoms with Crippen LogP contribution in [0.3, 0.4) is 0 Å². The van der Waals surface area contributed by atoms with Crippen LogP contribution in [0.5, 0.6) is 0 Å². The van der Waals surface area contributed by atoms with Crippen LogP contribution < -0.4 is 11.5 Å². The van der Waals surface area contributed by atoms with Crippen LogP contribution in [0.4, 0.5) is 0 Å². The van der Waals surface area contributed by atoms with Gasteiger partial charge >= 0.3 is 0 Å². The van der Waals surface area contributed by atoms with E-state index >= 15 is 0 Å². The summed E-state index contributed by atoms with van der Waals surface area (Å²) >= 11 is 5.69. The maximum atomic E-state index is 5.69. The molecular formula is C10H16ClN3. The molecule has 0 aliphatic carbocycles. The summed E-state index contributed by atoms with van der Waals surface area (Å²) in [5.74, 6) is 0.102. The molecule has 0 fully saturated rings. The third-order valence-corrected chi connectivity index (χ3v) is 1.61. The van der Waals surface area contributed by atoms with Crippen molar-refractivity contribution in [1.82, 2.24) is 0 Å². The fourth-order valence-electron chi connectivity index (χ4n) is 0.772. The summed E-state index contributed by atoms with van der Waals surface area (Å²) in [6.45, 7) is 4.50. The van der Waals surface area contributed by atoms with Crippen molar-refractivity contribution in [3.8, 4) is 0 Å². The lowest BCUT2D eigenvalue weighted by Crippen LogP contribution is -2.22. The van der Waals surface area contributed by atoms with Crippen LogP contribution in [0.15, 0.2) is 29.3 Å². The summed E-state index contributed by atoms with van der Waals surface area (Å²) in [5, 5.41) is 0.712. The van der Waals surface area contributed by atoms with E-state index in [4.69, 9.17) is 23.1 Å². The molecule has 4 N–H and O–H groups in total. The van der Waals surface area contributed by atoms with Crippen molar-refractivity contribution in [3.63, 3.8) is 0 Å². The van der Waals surface area contributed by atoms with E-state index in [-0.39, 0.29) is 5.96 Å². The van der Waals surface area contributed by atoms with E-state index < -0.39 is 0 Å². The molecule has 0 saturated carbocycles. The van der Waals surface area contributed by atoms with E-state index in [0.717, 1.165) is 5.56 Å². The monoisotopic (exact) mass is 213 g/mol. The van der Waals surface area contributed by atoms with Gasteiger partial charge in [0.25, 0.3) is 0 Å². The Morgan fingerprint density at radius 1 is 1.21 bits per heavy atom. The van der Waals surface area contributed by atoms with E-state index in [0.29, 0.717) is 11.6 Å². The minimum Gasteiger partial charge on any atom is -0.370 e. The average Bonchev–Trinajstić information content (AvgIpc) is 2.20. The van der Waals surface area contributed by atoms with Crippen LogP contribution in [-0.2, 0) is 6.54 Å². The van der Waals surface area contributed by atoms with Crippen molar-refractivity contribution in [1.29, 1.82) is 0 Å². The minimum absolute atomic E-state index is 0.102. The second-order valence-electron chi connectivity index (χ2n) is 2.37. The Morgan fingerprint density at radius 2 is 1.71 bits per heavy atom. The molecule has 0 radical (unpaired) electrons. The highest BCUT2D eigenvalue weighted by Gasteiger charge is 1.90. The number of nitrogens with two attached hydrogens (primary N) is 2. The normalized spacial score (nSPS) is 8.50. The van der Waals surface area contributed by atoms with Crippen LogP contribution in [-0.4, -0.2) is 5.96 Å². The van der Waals surface area contributed by atoms with Gasteiger partial charge in [-0.05, 0) is 17.7 Å². The van der Waals surface area contributed by atoms with Crippen LogP contribution in [0.1, 0.15) is 19.4 Å². The first kappa shape index (κ1) is 12.8. The molecular weight excluding hydrogens is 198 g/mol. The molecule has 14 heavy (non-hydrogen) atoms. The fourth-order valence-corrected chi connectivity index (χ4v) is 0.898. The summed E-state index contributed by atoms with van der Waals surface area (Å²) < 4.78 is 0. The molecule has 1 aromatic carbocycles. The zero-order valence-electron chi connectivity index (χ0n) is 8.50. The van der Waals surface area contributed by atoms with Crippen molar-refractivity contribution < 1.29 is 0 Å². The molecule has 1 aromatic rings. The number of hydrogen-bond acceptors (Lipinski definition) is 1. The molecule has 0 heterocycles. The first-order chi connectivity index (χ1) is 6.68. The topological polar surface area (TPSA) is 64.4 Å². The van der Waals surface area contributed by atoms with Crippen molar-refractivity contribution >= 4 is 17.6 Å². The molecule has 0 aliphatic rings. The molecule has 0 unspecified atom stereocenters. The summed E-state index contributed by atoms with van der Waals surface area (Å²) in [6.07, 6.45) is 0. The molecule has 0 amide bonds. The number of halogens is 1. The maximum Gasteiger partial charge on any atom is 0.186 e. The Hall–Kier alpha value is -1.22. The average molecular weight is 214 g/mol. The van der Waals surface area contributed by atoms with Gasteiger partial charge in [0.1, 0.15) is 0 Å². The third-order valence-electron chi connectivity index (χ3n) is 1.36. The maximum absolute atomic E-state index is 5.69. The van der Waals surface area contributed by atoms with Gasteiger partial charge in [-0.15, -0.1) is 0 Å². The minimum atomic E-state index is 0.102. The zero-order chi connectivity index (χ0) is 11.0. The first-order valence-corrected chi connectivity index (χ1v) is 4.86. The second-order valence-corrected chi connectivity index (χ2v) is 2.80. The SMILES string of the molecule is CC.NC(N)=NCc1ccc(Cl)cc1. The largest absolute Gasteiger partial charge is 0.370 e. The van der Waals surface area contributed by atoms with Gasteiger partial charge in [-0.1, -0.05) is 37.6 Å². The lowest BCUT2D eigenvalue weighted by atomic mass is 10.2. The van der Waals surface area contributed by atoms with Crippen molar-refractivity contribution in [2.75, 3.05) is 0 Å². The Bertz CT molecular complexity index is 276. The van der Waals surface area contributed by atoms with E-state index in [1.54, 1.807) is 12.1 Å². The van der Waals surface area contributed by atoms with Gasteiger partial charge in [-0.2, -0.15) is 0 Å². The Labute approximate surface area is 89.8 Å². The number of hydrogen-bond donors (Lipinski definition) is 2. The predicted octanol–water partition coefficient (Wildman–Crippen LogP) is 2.14. The van der Waals surface area contributed by atoms with Gasteiger partial charge in [0.15, 0.2) is 5.96 Å². The second kappa shape index (κ2) is 7.21. The van der Waals surface area contributed by atoms with Crippen molar-refractivity contribution in [3.05, 3.63) is 34.9 Å². The van der Waals surface area contributed by atoms with Crippen LogP contribution >= 0.6 is 11.6 Å². The summed E-state index contributed by atoms with van der Waals surface area (Å²) in [5.41, 5.74) is 11.4. The van der Waals surface area contributed by atoms with E-state index in [1.165, 1.54) is 0 Å². The highest BCUT2D eigenvalue weighted by atomic mass is 35.5. The molecule has 0 aromatic heterocycles. The number of rotatable bonds is 2. The Morgan fingerprint density at radius 3 is 2.14 bits per heavy atom. The number of aliphatic imine (C=N–C) groups is 1. The van der Waals surface area contributed by atoms with Gasteiger partial charge in [0, 0.05) is 5.02 Å². The van der Waals surface area contributed by atoms with E-state index in [1.807, 2.05) is 26.0 Å². The van der Waals surface area contributed by atoms with Crippen molar-refractivity contribution in [2.45, 2.75) is 20.4 Å². The molecule has 1 rings (SSSR count). The highest BCUT2D eigenvalue weighted by Crippen LogP contribution is 2.09. The molecule has 0 atom stereocenters. The molecule has 0 bridgehead atoms. The van der Waals surface area contributed by atoms with E-state index in [2.05, 4.69) is 4.99 Å². The molecule has 78 valence electrons. The van der Waals surface area contributed by atoms with Crippen LogP contribution in [0, 0.1) is 0 Å². The summed E-state index contributed by atoms with van der Waals surface area (Å²) in [4.78, 5) is 3.85. The van der Waals surface area contributed by atoms with Gasteiger partial charge < -0.3 is 11.5 Å². The molecule has 4 heteroatoms. The standard InChI is InChI=1S/C8H10ClN3.C2H6/c9-7-3-1-6(2-4-7)5-12-8(10)11;1-2/h1-4H,5H2,(H4,10,11,12);1-2H3. The molecule has 0 spiro atoms. The van der Waals surface area contributed by atoms with E-state index in [9.17, 15) is 0 Å². The van der Waals surface area contributed by atoms with Gasteiger partial charge in [-0.25, -0.2) is 4.99 Å². The number of nitrogens with zero attached hydrogens (tertiary/aromatic N) is 1. The van der Waals surface area contributed by atoms with Crippen LogP contribution in [0.2, 0.25) is 5.02 Å². The number of guanidine groups is 1. The predicted molar refractivity (Wildman–Crippen MR) is 62.3 cm³/mol. The molecule has 0 aliphatic heterocycles. The van der Waals surface area contributed by atoms with Crippen molar-refractivity contribution in [2.24, 2.45) is 16.5 Å². The van der Waals surface area contributed by atoms with Gasteiger partial charge in [-0.3, -0.25) is 0 Å². The molecule has 3 nitrogen and oxygen atoms in total. The first-order valence-electron chi connectivity index (χ1n) is 4.48. The van der Waals surface area contributed by atoms with Gasteiger partial charge in [0.05, 0.1) is 6.54 Å². The highest BCUT2D eigenvalue weighted by molar-refractivity contribution is 6.30. The van der Waals surface area contributed by atoms with Crippen LogP contribution in [0.25, 0.3) is 0 Å². The lowest BCUT2D eigenvalue weighted by molar-refractivity contribution is 1.05. The lowest BCUT2D eigenvalue weighted by Gasteiger charge is -1.96.